The van der Waals surface area contributed by atoms with Crippen LogP contribution >= 0.6 is 0 Å². The number of nitrogens with zero attached hydrogens (tertiary/aromatic N) is 2. The highest BCUT2D eigenvalue weighted by Gasteiger charge is 2.50. The van der Waals surface area contributed by atoms with Crippen molar-refractivity contribution >= 4 is 101 Å². The fourth-order valence-corrected chi connectivity index (χ4v) is 8.82. The summed E-state index contributed by atoms with van der Waals surface area (Å²) in [7, 11) is 0. The van der Waals surface area contributed by atoms with Crippen molar-refractivity contribution in [2.24, 2.45) is 0 Å². The zero-order valence-electron chi connectivity index (χ0n) is 26.4. The Bertz CT molecular complexity index is 2700. The molecule has 7 aromatic carbocycles. The number of aryl methyl sites for hydroxylation is 1. The van der Waals surface area contributed by atoms with Gasteiger partial charge in [-0.1, -0.05) is 72.8 Å². The summed E-state index contributed by atoms with van der Waals surface area (Å²) in [5.41, 5.74) is 14.8. The third-order valence-corrected chi connectivity index (χ3v) is 10.6. The second kappa shape index (κ2) is 8.94. The van der Waals surface area contributed by atoms with Crippen LogP contribution in [-0.4, -0.2) is 6.71 Å². The maximum absolute atomic E-state index is 7.08. The van der Waals surface area contributed by atoms with E-state index in [1.54, 1.807) is 0 Å². The molecule has 6 heteroatoms. The van der Waals surface area contributed by atoms with Crippen LogP contribution in [0.3, 0.4) is 0 Å². The lowest BCUT2D eigenvalue weighted by Gasteiger charge is -2.46. The van der Waals surface area contributed by atoms with Crippen molar-refractivity contribution in [3.05, 3.63) is 139 Å². The minimum atomic E-state index is -0.0783. The molecule has 3 aliphatic rings. The van der Waals surface area contributed by atoms with Crippen molar-refractivity contribution < 1.29 is 13.6 Å². The molecule has 0 bridgehead atoms. The maximum Gasteiger partial charge on any atom is 0.261 e. The van der Waals surface area contributed by atoms with Gasteiger partial charge in [-0.15, -0.1) is 0 Å². The van der Waals surface area contributed by atoms with Crippen LogP contribution in [0, 0.1) is 6.92 Å². The normalized spacial score (nSPS) is 13.9. The number of benzene rings is 7. The number of para-hydroxylation sites is 4. The molecule has 0 saturated heterocycles. The van der Waals surface area contributed by atoms with Gasteiger partial charge in [0.25, 0.3) is 6.71 Å². The monoisotopic (exact) mass is 628 g/mol. The number of hydrogen-bond acceptors (Lipinski definition) is 5. The Labute approximate surface area is 281 Å². The molecule has 0 atom stereocenters. The Kier molecular flexibility index (Phi) is 4.68. The minimum Gasteiger partial charge on any atom is -0.458 e. The van der Waals surface area contributed by atoms with Gasteiger partial charge in [0.2, 0.25) is 0 Å². The number of anilines is 6. The van der Waals surface area contributed by atoms with Crippen LogP contribution < -0.4 is 30.9 Å². The van der Waals surface area contributed by atoms with E-state index in [4.69, 9.17) is 13.6 Å². The molecule has 5 heterocycles. The first-order chi connectivity index (χ1) is 24.2. The topological polar surface area (TPSA) is 42.0 Å². The Morgan fingerprint density at radius 1 is 0.469 bits per heavy atom. The van der Waals surface area contributed by atoms with Gasteiger partial charge in [-0.25, -0.2) is 0 Å². The summed E-state index contributed by atoms with van der Waals surface area (Å²) in [5, 5.41) is 4.38. The Hall–Kier alpha value is -6.40. The van der Waals surface area contributed by atoms with Crippen molar-refractivity contribution in [2.45, 2.75) is 6.92 Å². The number of ether oxygens (including phenoxy) is 1. The summed E-state index contributed by atoms with van der Waals surface area (Å²) < 4.78 is 20.3. The standard InChI is InChI=1S/C43H25BN2O3/c1-24-20-29-39-30(21-24)46(26-14-6-3-7-15-26)43-38-28-17-9-11-19-32(28)48-34(38)23-36-41(43)44(39)40-35(49-36)22-33-37(27-16-8-10-18-31(27)47-33)42(40)45(29)25-12-4-2-5-13-25/h2-23H,1H3. The van der Waals surface area contributed by atoms with E-state index in [2.05, 4.69) is 138 Å². The highest BCUT2D eigenvalue weighted by atomic mass is 16.5. The summed E-state index contributed by atoms with van der Waals surface area (Å²) in [5.74, 6) is 1.62. The van der Waals surface area contributed by atoms with Gasteiger partial charge in [-0.3, -0.25) is 0 Å². The van der Waals surface area contributed by atoms with Crippen LogP contribution in [0.4, 0.5) is 34.1 Å². The highest BCUT2D eigenvalue weighted by molar-refractivity contribution is 7.02. The van der Waals surface area contributed by atoms with Crippen molar-refractivity contribution in [3.63, 3.8) is 0 Å². The Balaban J connectivity index is 1.32. The van der Waals surface area contributed by atoms with E-state index >= 15 is 0 Å². The lowest BCUT2D eigenvalue weighted by molar-refractivity contribution is 0.486. The van der Waals surface area contributed by atoms with Crippen molar-refractivity contribution in [1.29, 1.82) is 0 Å². The smallest absolute Gasteiger partial charge is 0.261 e. The maximum atomic E-state index is 7.08. The SMILES string of the molecule is Cc1cc2c3c(c1)N(c1ccccc1)c1c4c(cc5oc6ccccc6c15)Oc1cc5oc6ccccc6c5c(c1B34)N2c1ccccc1. The third-order valence-electron chi connectivity index (χ3n) is 10.6. The molecule has 0 unspecified atom stereocenters. The van der Waals surface area contributed by atoms with Crippen molar-refractivity contribution in [3.8, 4) is 11.5 Å². The Morgan fingerprint density at radius 2 is 0.918 bits per heavy atom. The molecule has 0 amide bonds. The van der Waals surface area contributed by atoms with Crippen molar-refractivity contribution in [2.75, 3.05) is 9.80 Å². The first kappa shape index (κ1) is 25.7. The first-order valence-electron chi connectivity index (χ1n) is 16.7. The molecule has 0 radical (unpaired) electrons. The second-order valence-corrected chi connectivity index (χ2v) is 13.3. The molecule has 0 fully saturated rings. The zero-order valence-corrected chi connectivity index (χ0v) is 26.4. The predicted molar refractivity (Wildman–Crippen MR) is 200 cm³/mol. The lowest BCUT2D eigenvalue weighted by atomic mass is 9.32. The van der Waals surface area contributed by atoms with Gasteiger partial charge < -0.3 is 23.4 Å². The van der Waals surface area contributed by atoms with Crippen molar-refractivity contribution in [1.82, 2.24) is 0 Å². The van der Waals surface area contributed by atoms with Gasteiger partial charge in [0, 0.05) is 45.7 Å². The number of furan rings is 2. The van der Waals surface area contributed by atoms with Gasteiger partial charge in [-0.2, -0.15) is 0 Å². The van der Waals surface area contributed by atoms with E-state index in [-0.39, 0.29) is 6.71 Å². The molecule has 9 aromatic rings. The molecular formula is C43H25BN2O3. The minimum absolute atomic E-state index is 0.0783. The quantitative estimate of drug-likeness (QED) is 0.178. The van der Waals surface area contributed by atoms with Crippen LogP contribution in [0.1, 0.15) is 5.56 Å². The van der Waals surface area contributed by atoms with Crippen LogP contribution in [0.2, 0.25) is 0 Å². The fourth-order valence-electron chi connectivity index (χ4n) is 8.82. The number of hydrogen-bond donors (Lipinski definition) is 0. The molecule has 3 aliphatic heterocycles. The summed E-state index contributed by atoms with van der Waals surface area (Å²) in [6.45, 7) is 2.13. The van der Waals surface area contributed by atoms with Crippen LogP contribution in [-0.2, 0) is 0 Å². The number of rotatable bonds is 2. The van der Waals surface area contributed by atoms with E-state index in [0.29, 0.717) is 0 Å². The molecule has 0 saturated carbocycles. The predicted octanol–water partition coefficient (Wildman–Crippen LogP) is 9.98. The highest BCUT2D eigenvalue weighted by Crippen LogP contribution is 2.54. The fraction of sp³-hybridized carbons (Fsp3) is 0.0233. The molecule has 49 heavy (non-hydrogen) atoms. The van der Waals surface area contributed by atoms with E-state index < -0.39 is 0 Å². The molecule has 0 spiro atoms. The molecule has 0 N–H and O–H groups in total. The van der Waals surface area contributed by atoms with E-state index in [1.165, 1.54) is 22.4 Å². The van der Waals surface area contributed by atoms with E-state index in [0.717, 1.165) is 89.1 Å². The summed E-state index contributed by atoms with van der Waals surface area (Å²) >= 11 is 0. The third kappa shape index (κ3) is 3.16. The second-order valence-electron chi connectivity index (χ2n) is 13.3. The summed E-state index contributed by atoms with van der Waals surface area (Å²) in [6, 6.07) is 47.0. The first-order valence-corrected chi connectivity index (χ1v) is 16.7. The zero-order chi connectivity index (χ0) is 32.0. The van der Waals surface area contributed by atoms with Gasteiger partial charge in [-0.05, 0) is 77.4 Å². The van der Waals surface area contributed by atoms with Crippen LogP contribution in [0.15, 0.2) is 142 Å². The van der Waals surface area contributed by atoms with Crippen LogP contribution in [0.25, 0.3) is 43.9 Å². The molecule has 228 valence electrons. The van der Waals surface area contributed by atoms with Crippen LogP contribution in [0.5, 0.6) is 11.5 Å². The molecule has 2 aromatic heterocycles. The van der Waals surface area contributed by atoms with E-state index in [1.807, 2.05) is 12.1 Å². The molecule has 5 nitrogen and oxygen atoms in total. The lowest BCUT2D eigenvalue weighted by Crippen LogP contribution is -2.63. The van der Waals surface area contributed by atoms with Gasteiger partial charge in [0.15, 0.2) is 0 Å². The molecule has 0 aliphatic carbocycles. The molecular weight excluding hydrogens is 603 g/mol. The number of fused-ring (bicyclic) bond motifs is 8. The molecule has 12 rings (SSSR count). The summed E-state index contributed by atoms with van der Waals surface area (Å²) in [6.07, 6.45) is 0. The largest absolute Gasteiger partial charge is 0.458 e. The Morgan fingerprint density at radius 3 is 1.41 bits per heavy atom. The average molecular weight is 628 g/mol. The summed E-state index contributed by atoms with van der Waals surface area (Å²) in [4.78, 5) is 4.89. The average Bonchev–Trinajstić information content (AvgIpc) is 3.70. The van der Waals surface area contributed by atoms with Gasteiger partial charge >= 0.3 is 0 Å². The van der Waals surface area contributed by atoms with E-state index in [9.17, 15) is 0 Å². The van der Waals surface area contributed by atoms with Gasteiger partial charge in [0.1, 0.15) is 33.8 Å². The van der Waals surface area contributed by atoms with Gasteiger partial charge in [0.05, 0.1) is 22.1 Å².